The summed E-state index contributed by atoms with van der Waals surface area (Å²) in [5, 5.41) is 9.19. The van der Waals surface area contributed by atoms with Crippen molar-refractivity contribution in [1.29, 1.82) is 0 Å². The molecule has 3 N–H and O–H groups in total. The zero-order chi connectivity index (χ0) is 16.8. The van der Waals surface area contributed by atoms with Gasteiger partial charge in [0.25, 0.3) is 0 Å². The molecule has 0 aliphatic carbocycles. The maximum absolute atomic E-state index is 11.2. The predicted molar refractivity (Wildman–Crippen MR) is 86.4 cm³/mol. The Bertz CT molecular complexity index is 497. The topological polar surface area (TPSA) is 81.8 Å². The Morgan fingerprint density at radius 3 is 2.36 bits per heavy atom. The van der Waals surface area contributed by atoms with Gasteiger partial charge in [-0.05, 0) is 52.8 Å². The molecule has 0 radical (unpaired) electrons. The second kappa shape index (κ2) is 7.61. The van der Waals surface area contributed by atoms with Crippen LogP contribution in [0.4, 0.5) is 0 Å². The predicted octanol–water partition coefficient (Wildman–Crippen LogP) is 3.08. The first-order valence-electron chi connectivity index (χ1n) is 7.52. The average Bonchev–Trinajstić information content (AvgIpc) is 2.37. The number of carboxylic acid groups (broad SMARTS) is 1. The van der Waals surface area contributed by atoms with Gasteiger partial charge in [-0.15, -0.1) is 0 Å². The van der Waals surface area contributed by atoms with E-state index in [1.807, 2.05) is 27.7 Å². The van der Waals surface area contributed by atoms with Crippen molar-refractivity contribution in [2.75, 3.05) is 13.2 Å². The molecule has 22 heavy (non-hydrogen) atoms. The number of nitrogens with two attached hydrogens (primary N) is 1. The number of benzene rings is 1. The molecule has 0 bridgehead atoms. The minimum absolute atomic E-state index is 0.167. The maximum atomic E-state index is 11.2. The maximum Gasteiger partial charge on any atom is 0.339 e. The molecular weight excluding hydrogens is 282 g/mol. The molecular formula is C17H27NO4. The zero-order valence-electron chi connectivity index (χ0n) is 13.9. The Morgan fingerprint density at radius 1 is 1.14 bits per heavy atom. The van der Waals surface area contributed by atoms with Crippen molar-refractivity contribution in [2.45, 2.75) is 51.7 Å². The van der Waals surface area contributed by atoms with Crippen LogP contribution in [-0.2, 0) is 4.74 Å². The van der Waals surface area contributed by atoms with Gasteiger partial charge in [0.2, 0.25) is 0 Å². The molecule has 0 aliphatic rings. The molecule has 0 heterocycles. The van der Waals surface area contributed by atoms with Crippen LogP contribution in [0.5, 0.6) is 5.75 Å². The van der Waals surface area contributed by atoms with Gasteiger partial charge in [0.15, 0.2) is 0 Å². The third kappa shape index (κ3) is 6.03. The summed E-state index contributed by atoms with van der Waals surface area (Å²) in [5.74, 6) is -0.618. The minimum Gasteiger partial charge on any atom is -0.487 e. The molecule has 0 saturated heterocycles. The van der Waals surface area contributed by atoms with Crippen LogP contribution in [0.15, 0.2) is 24.3 Å². The lowest BCUT2D eigenvalue weighted by molar-refractivity contribution is -0.0435. The van der Waals surface area contributed by atoms with Crippen LogP contribution in [-0.4, -0.2) is 35.4 Å². The van der Waals surface area contributed by atoms with Crippen molar-refractivity contribution in [3.05, 3.63) is 29.8 Å². The number of aromatic carboxylic acids is 1. The van der Waals surface area contributed by atoms with Crippen LogP contribution in [0, 0.1) is 0 Å². The van der Waals surface area contributed by atoms with Crippen LogP contribution in [0.25, 0.3) is 0 Å². The molecule has 1 rings (SSSR count). The summed E-state index contributed by atoms with van der Waals surface area (Å²) < 4.78 is 11.7. The SMILES string of the molecule is CC(C)(CCN)OCCC(C)(C)Oc1ccccc1C(=O)O. The third-order valence-corrected chi connectivity index (χ3v) is 3.45. The average molecular weight is 309 g/mol. The summed E-state index contributed by atoms with van der Waals surface area (Å²) in [6.07, 6.45) is 1.44. The second-order valence-electron chi connectivity index (χ2n) is 6.56. The Hall–Kier alpha value is -1.59. The lowest BCUT2D eigenvalue weighted by atomic mass is 10.0. The van der Waals surface area contributed by atoms with E-state index in [1.165, 1.54) is 6.07 Å². The van der Waals surface area contributed by atoms with Crippen LogP contribution < -0.4 is 10.5 Å². The summed E-state index contributed by atoms with van der Waals surface area (Å²) in [6, 6.07) is 6.65. The molecule has 0 atom stereocenters. The van der Waals surface area contributed by atoms with Crippen molar-refractivity contribution in [2.24, 2.45) is 5.73 Å². The minimum atomic E-state index is -0.994. The van der Waals surface area contributed by atoms with E-state index in [0.29, 0.717) is 25.3 Å². The van der Waals surface area contributed by atoms with E-state index in [9.17, 15) is 9.90 Å². The summed E-state index contributed by atoms with van der Waals surface area (Å²) in [4.78, 5) is 11.2. The Morgan fingerprint density at radius 2 is 1.77 bits per heavy atom. The highest BCUT2D eigenvalue weighted by molar-refractivity contribution is 5.90. The van der Waals surface area contributed by atoms with Crippen LogP contribution in [0.1, 0.15) is 50.9 Å². The van der Waals surface area contributed by atoms with Gasteiger partial charge in [0.05, 0.1) is 12.2 Å². The Kier molecular flexibility index (Phi) is 6.38. The first-order chi connectivity index (χ1) is 10.2. The molecule has 0 saturated carbocycles. The van der Waals surface area contributed by atoms with Gasteiger partial charge in [-0.3, -0.25) is 0 Å². The number of hydrogen-bond donors (Lipinski definition) is 2. The molecule has 1 aromatic carbocycles. The monoisotopic (exact) mass is 309 g/mol. The molecule has 124 valence electrons. The van der Waals surface area contributed by atoms with Crippen LogP contribution in [0.2, 0.25) is 0 Å². The van der Waals surface area contributed by atoms with E-state index in [4.69, 9.17) is 15.2 Å². The van der Waals surface area contributed by atoms with E-state index in [0.717, 1.165) is 6.42 Å². The molecule has 0 fully saturated rings. The Balaban J connectivity index is 2.63. The van der Waals surface area contributed by atoms with Crippen LogP contribution in [0.3, 0.4) is 0 Å². The molecule has 5 nitrogen and oxygen atoms in total. The van der Waals surface area contributed by atoms with Crippen molar-refractivity contribution >= 4 is 5.97 Å². The van der Waals surface area contributed by atoms with Gasteiger partial charge in [-0.25, -0.2) is 4.79 Å². The third-order valence-electron chi connectivity index (χ3n) is 3.45. The number of ether oxygens (including phenoxy) is 2. The highest BCUT2D eigenvalue weighted by Crippen LogP contribution is 2.26. The largest absolute Gasteiger partial charge is 0.487 e. The van der Waals surface area contributed by atoms with Crippen molar-refractivity contribution in [1.82, 2.24) is 0 Å². The molecule has 0 unspecified atom stereocenters. The highest BCUT2D eigenvalue weighted by Gasteiger charge is 2.25. The quantitative estimate of drug-likeness (QED) is 0.732. The van der Waals surface area contributed by atoms with Gasteiger partial charge < -0.3 is 20.3 Å². The van der Waals surface area contributed by atoms with E-state index >= 15 is 0 Å². The van der Waals surface area contributed by atoms with Gasteiger partial charge in [-0.2, -0.15) is 0 Å². The first-order valence-corrected chi connectivity index (χ1v) is 7.52. The molecule has 0 amide bonds. The summed E-state index contributed by atoms with van der Waals surface area (Å²) in [5.41, 5.74) is 4.94. The standard InChI is InChI=1S/C17H27NO4/c1-16(2,9-11-18)21-12-10-17(3,4)22-14-8-6-5-7-13(14)15(19)20/h5-8H,9-12,18H2,1-4H3,(H,19,20). The number of para-hydroxylation sites is 1. The fourth-order valence-electron chi connectivity index (χ4n) is 2.07. The fourth-order valence-corrected chi connectivity index (χ4v) is 2.07. The smallest absolute Gasteiger partial charge is 0.339 e. The molecule has 1 aromatic rings. The van der Waals surface area contributed by atoms with E-state index in [1.54, 1.807) is 18.2 Å². The van der Waals surface area contributed by atoms with Crippen molar-refractivity contribution in [3.63, 3.8) is 0 Å². The highest BCUT2D eigenvalue weighted by atomic mass is 16.5. The van der Waals surface area contributed by atoms with Gasteiger partial charge in [-0.1, -0.05) is 12.1 Å². The fraction of sp³-hybridized carbons (Fsp3) is 0.588. The lowest BCUT2D eigenvalue weighted by Gasteiger charge is -2.30. The van der Waals surface area contributed by atoms with Gasteiger partial charge in [0, 0.05) is 6.42 Å². The van der Waals surface area contributed by atoms with Crippen molar-refractivity contribution in [3.8, 4) is 5.75 Å². The van der Waals surface area contributed by atoms with Crippen molar-refractivity contribution < 1.29 is 19.4 Å². The lowest BCUT2D eigenvalue weighted by Crippen LogP contribution is -2.34. The van der Waals surface area contributed by atoms with Gasteiger partial charge in [0.1, 0.15) is 16.9 Å². The molecule has 0 aromatic heterocycles. The first kappa shape index (κ1) is 18.5. The summed E-state index contributed by atoms with van der Waals surface area (Å²) in [7, 11) is 0. The number of carbonyl (C=O) groups is 1. The normalized spacial score (nSPS) is 12.2. The molecule has 0 spiro atoms. The van der Waals surface area contributed by atoms with E-state index < -0.39 is 11.6 Å². The number of hydrogen-bond acceptors (Lipinski definition) is 4. The molecule has 0 aliphatic heterocycles. The molecule has 5 heteroatoms. The van der Waals surface area contributed by atoms with Crippen LogP contribution >= 0.6 is 0 Å². The summed E-state index contributed by atoms with van der Waals surface area (Å²) in [6.45, 7) is 8.96. The van der Waals surface area contributed by atoms with Gasteiger partial charge >= 0.3 is 5.97 Å². The zero-order valence-corrected chi connectivity index (χ0v) is 13.9. The summed E-state index contributed by atoms with van der Waals surface area (Å²) >= 11 is 0. The number of rotatable bonds is 9. The van der Waals surface area contributed by atoms with E-state index in [2.05, 4.69) is 0 Å². The Labute approximate surface area is 132 Å². The number of carboxylic acids is 1. The second-order valence-corrected chi connectivity index (χ2v) is 6.56. The van der Waals surface area contributed by atoms with E-state index in [-0.39, 0.29) is 11.2 Å².